The van der Waals surface area contributed by atoms with Crippen LogP contribution in [0.3, 0.4) is 0 Å². The molecule has 0 saturated heterocycles. The Morgan fingerprint density at radius 3 is 2.79 bits per heavy atom. The van der Waals surface area contributed by atoms with Crippen LogP contribution < -0.4 is 5.73 Å². The third-order valence-corrected chi connectivity index (χ3v) is 1.95. The van der Waals surface area contributed by atoms with Crippen LogP contribution in [-0.4, -0.2) is 23.5 Å². The van der Waals surface area contributed by atoms with Gasteiger partial charge in [0.1, 0.15) is 0 Å². The number of hydrogen-bond donors (Lipinski definition) is 1. The average Bonchev–Trinajstić information content (AvgIpc) is 2.01. The van der Waals surface area contributed by atoms with Crippen molar-refractivity contribution in [2.45, 2.75) is 20.4 Å². The van der Waals surface area contributed by atoms with Gasteiger partial charge in [0.2, 0.25) is 0 Å². The van der Waals surface area contributed by atoms with Crippen LogP contribution in [0.2, 0.25) is 0 Å². The minimum atomic E-state index is 0.682. The Kier molecular flexibility index (Phi) is 3.89. The van der Waals surface area contributed by atoms with Crippen LogP contribution in [-0.2, 0) is 6.54 Å². The first-order chi connectivity index (χ1) is 6.58. The zero-order valence-electron chi connectivity index (χ0n) is 9.20. The molecule has 1 aromatic rings. The molecule has 0 atom stereocenters. The minimum absolute atomic E-state index is 0.682. The lowest BCUT2D eigenvalue weighted by Crippen LogP contribution is -2.23. The van der Waals surface area contributed by atoms with Crippen molar-refractivity contribution in [3.8, 4) is 0 Å². The van der Waals surface area contributed by atoms with Crippen molar-refractivity contribution in [2.24, 2.45) is 5.92 Å². The number of anilines is 1. The Bertz CT molecular complexity index is 284. The van der Waals surface area contributed by atoms with E-state index in [0.717, 1.165) is 24.5 Å². The molecule has 0 unspecified atom stereocenters. The molecule has 3 nitrogen and oxygen atoms in total. The molecule has 78 valence electrons. The van der Waals surface area contributed by atoms with Gasteiger partial charge in [0.15, 0.2) is 0 Å². The lowest BCUT2D eigenvalue weighted by atomic mass is 10.2. The van der Waals surface area contributed by atoms with Crippen molar-refractivity contribution in [2.75, 3.05) is 19.3 Å². The van der Waals surface area contributed by atoms with Gasteiger partial charge in [-0.3, -0.25) is 4.98 Å². The summed E-state index contributed by atoms with van der Waals surface area (Å²) in [6.07, 6.45) is 1.76. The largest absolute Gasteiger partial charge is 0.399 e. The van der Waals surface area contributed by atoms with Crippen LogP contribution in [0.15, 0.2) is 18.3 Å². The predicted octanol–water partition coefficient (Wildman–Crippen LogP) is 1.75. The molecular formula is C11H19N3. The summed E-state index contributed by atoms with van der Waals surface area (Å²) in [6, 6.07) is 3.74. The van der Waals surface area contributed by atoms with Gasteiger partial charge in [-0.05, 0) is 25.1 Å². The highest BCUT2D eigenvalue weighted by Gasteiger charge is 2.03. The third kappa shape index (κ3) is 3.75. The Hall–Kier alpha value is -1.09. The monoisotopic (exact) mass is 193 g/mol. The fourth-order valence-electron chi connectivity index (χ4n) is 1.55. The van der Waals surface area contributed by atoms with Gasteiger partial charge in [-0.1, -0.05) is 13.8 Å². The zero-order chi connectivity index (χ0) is 10.6. The van der Waals surface area contributed by atoms with E-state index in [1.54, 1.807) is 6.20 Å². The van der Waals surface area contributed by atoms with E-state index in [1.807, 2.05) is 12.1 Å². The first-order valence-corrected chi connectivity index (χ1v) is 4.97. The molecule has 0 amide bonds. The summed E-state index contributed by atoms with van der Waals surface area (Å²) in [4.78, 5) is 6.52. The number of rotatable bonds is 4. The van der Waals surface area contributed by atoms with Gasteiger partial charge in [-0.2, -0.15) is 0 Å². The third-order valence-electron chi connectivity index (χ3n) is 1.95. The second kappa shape index (κ2) is 4.96. The summed E-state index contributed by atoms with van der Waals surface area (Å²) >= 11 is 0. The first kappa shape index (κ1) is 11.0. The molecule has 1 rings (SSSR count). The normalized spacial score (nSPS) is 11.2. The molecule has 2 N–H and O–H groups in total. The maximum Gasteiger partial charge on any atom is 0.0564 e. The number of nitrogens with two attached hydrogens (primary N) is 1. The highest BCUT2D eigenvalue weighted by Crippen LogP contribution is 2.06. The SMILES string of the molecule is CC(C)CN(C)Cc1cc(N)ccn1. The highest BCUT2D eigenvalue weighted by molar-refractivity contribution is 5.37. The molecule has 0 fully saturated rings. The van der Waals surface area contributed by atoms with Crippen LogP contribution >= 0.6 is 0 Å². The molecule has 0 bridgehead atoms. The smallest absolute Gasteiger partial charge is 0.0564 e. The molecule has 0 aromatic carbocycles. The minimum Gasteiger partial charge on any atom is -0.399 e. The first-order valence-electron chi connectivity index (χ1n) is 4.97. The van der Waals surface area contributed by atoms with Gasteiger partial charge < -0.3 is 10.6 Å². The fraction of sp³-hybridized carbons (Fsp3) is 0.545. The Morgan fingerprint density at radius 2 is 2.21 bits per heavy atom. The average molecular weight is 193 g/mol. The number of hydrogen-bond acceptors (Lipinski definition) is 3. The molecule has 0 aliphatic heterocycles. The molecule has 0 radical (unpaired) electrons. The van der Waals surface area contributed by atoms with Crippen molar-refractivity contribution < 1.29 is 0 Å². The predicted molar refractivity (Wildman–Crippen MR) is 59.8 cm³/mol. The van der Waals surface area contributed by atoms with Gasteiger partial charge in [0, 0.05) is 25.0 Å². The molecule has 14 heavy (non-hydrogen) atoms. The van der Waals surface area contributed by atoms with Crippen molar-refractivity contribution in [1.82, 2.24) is 9.88 Å². The second-order valence-electron chi connectivity index (χ2n) is 4.17. The van der Waals surface area contributed by atoms with Crippen LogP contribution in [0, 0.1) is 5.92 Å². The van der Waals surface area contributed by atoms with Gasteiger partial charge in [-0.25, -0.2) is 0 Å². The highest BCUT2D eigenvalue weighted by atomic mass is 15.1. The molecule has 0 spiro atoms. The maximum atomic E-state index is 5.68. The van der Waals surface area contributed by atoms with Crippen molar-refractivity contribution in [3.63, 3.8) is 0 Å². The number of nitrogen functional groups attached to an aromatic ring is 1. The van der Waals surface area contributed by atoms with E-state index in [9.17, 15) is 0 Å². The number of nitrogens with zero attached hydrogens (tertiary/aromatic N) is 2. The lowest BCUT2D eigenvalue weighted by molar-refractivity contribution is 0.285. The van der Waals surface area contributed by atoms with Gasteiger partial charge in [-0.15, -0.1) is 0 Å². The van der Waals surface area contributed by atoms with Crippen LogP contribution in [0.5, 0.6) is 0 Å². The molecule has 0 aliphatic rings. The number of aromatic nitrogens is 1. The van der Waals surface area contributed by atoms with E-state index in [0.29, 0.717) is 5.92 Å². The van der Waals surface area contributed by atoms with E-state index in [-0.39, 0.29) is 0 Å². The van der Waals surface area contributed by atoms with Gasteiger partial charge in [0.25, 0.3) is 0 Å². The zero-order valence-corrected chi connectivity index (χ0v) is 9.20. The fourth-order valence-corrected chi connectivity index (χ4v) is 1.55. The summed E-state index contributed by atoms with van der Waals surface area (Å²) in [5.41, 5.74) is 7.50. The topological polar surface area (TPSA) is 42.1 Å². The van der Waals surface area contributed by atoms with E-state index < -0.39 is 0 Å². The second-order valence-corrected chi connectivity index (χ2v) is 4.17. The Morgan fingerprint density at radius 1 is 1.50 bits per heavy atom. The van der Waals surface area contributed by atoms with Crippen LogP contribution in [0.25, 0.3) is 0 Å². The van der Waals surface area contributed by atoms with Crippen LogP contribution in [0.4, 0.5) is 5.69 Å². The van der Waals surface area contributed by atoms with Crippen molar-refractivity contribution >= 4 is 5.69 Å². The summed E-state index contributed by atoms with van der Waals surface area (Å²) < 4.78 is 0. The summed E-state index contributed by atoms with van der Waals surface area (Å²) in [5, 5.41) is 0. The maximum absolute atomic E-state index is 5.68. The Labute approximate surface area is 85.9 Å². The molecule has 1 heterocycles. The molecule has 3 heteroatoms. The standard InChI is InChI=1S/C11H19N3/c1-9(2)7-14(3)8-11-6-10(12)4-5-13-11/h4-6,9H,7-8H2,1-3H3,(H2,12,13). The summed E-state index contributed by atoms with van der Waals surface area (Å²) in [6.45, 7) is 6.37. The molecule has 1 aromatic heterocycles. The summed E-state index contributed by atoms with van der Waals surface area (Å²) in [7, 11) is 2.10. The quantitative estimate of drug-likeness (QED) is 0.792. The van der Waals surface area contributed by atoms with Gasteiger partial charge in [0.05, 0.1) is 5.69 Å². The summed E-state index contributed by atoms with van der Waals surface area (Å²) in [5.74, 6) is 0.682. The van der Waals surface area contributed by atoms with Gasteiger partial charge >= 0.3 is 0 Å². The van der Waals surface area contributed by atoms with Crippen molar-refractivity contribution in [1.29, 1.82) is 0 Å². The molecular weight excluding hydrogens is 174 g/mol. The molecule has 0 aliphatic carbocycles. The van der Waals surface area contributed by atoms with E-state index >= 15 is 0 Å². The van der Waals surface area contributed by atoms with E-state index in [2.05, 4.69) is 30.8 Å². The van der Waals surface area contributed by atoms with E-state index in [1.165, 1.54) is 0 Å². The van der Waals surface area contributed by atoms with E-state index in [4.69, 9.17) is 5.73 Å². The van der Waals surface area contributed by atoms with Crippen molar-refractivity contribution in [3.05, 3.63) is 24.0 Å². The lowest BCUT2D eigenvalue weighted by Gasteiger charge is -2.18. The Balaban J connectivity index is 2.51. The number of pyridine rings is 1. The molecule has 0 saturated carbocycles. The van der Waals surface area contributed by atoms with Crippen LogP contribution in [0.1, 0.15) is 19.5 Å².